The van der Waals surface area contributed by atoms with Crippen LogP contribution in [0, 0.1) is 5.92 Å². The lowest BCUT2D eigenvalue weighted by Crippen LogP contribution is -2.45. The van der Waals surface area contributed by atoms with Gasteiger partial charge in [-0.1, -0.05) is 19.3 Å². The first-order valence-corrected chi connectivity index (χ1v) is 8.53. The average molecular weight is 258 g/mol. The molecule has 0 amide bonds. The summed E-state index contributed by atoms with van der Waals surface area (Å²) >= 11 is 0. The van der Waals surface area contributed by atoms with Crippen LogP contribution < -0.4 is 5.32 Å². The summed E-state index contributed by atoms with van der Waals surface area (Å²) in [5.41, 5.74) is 0. The van der Waals surface area contributed by atoms with E-state index in [0.29, 0.717) is 6.04 Å². The molecule has 17 heavy (non-hydrogen) atoms. The van der Waals surface area contributed by atoms with E-state index in [2.05, 4.69) is 17.3 Å². The van der Waals surface area contributed by atoms with Crippen molar-refractivity contribution in [2.24, 2.45) is 5.92 Å². The molecule has 1 saturated heterocycles. The predicted octanol–water partition coefficient (Wildman–Crippen LogP) is 1.22. The summed E-state index contributed by atoms with van der Waals surface area (Å²) in [6.07, 6.45) is 6.87. The van der Waals surface area contributed by atoms with Crippen LogP contribution in [0.25, 0.3) is 0 Å². The smallest absolute Gasteiger partial charge is 0.0363 e. The fourth-order valence-electron chi connectivity index (χ4n) is 3.17. The van der Waals surface area contributed by atoms with E-state index >= 15 is 0 Å². The van der Waals surface area contributed by atoms with E-state index in [9.17, 15) is 4.21 Å². The Morgan fingerprint density at radius 2 is 1.88 bits per heavy atom. The highest BCUT2D eigenvalue weighted by Gasteiger charge is 2.25. The minimum Gasteiger partial charge on any atom is -0.317 e. The number of hydrogen-bond donors (Lipinski definition) is 1. The lowest BCUT2D eigenvalue weighted by molar-refractivity contribution is 0.210. The Balaban J connectivity index is 1.84. The maximum absolute atomic E-state index is 11.3. The Morgan fingerprint density at radius 3 is 2.59 bits per heavy atom. The molecule has 0 aromatic carbocycles. The van der Waals surface area contributed by atoms with Gasteiger partial charge >= 0.3 is 0 Å². The SMILES string of the molecule is CNC1CCCCCC1CN1CCS(=O)CC1. The zero-order valence-corrected chi connectivity index (χ0v) is 11.8. The summed E-state index contributed by atoms with van der Waals surface area (Å²) in [5.74, 6) is 2.57. The molecule has 1 aliphatic carbocycles. The molecule has 2 rings (SSSR count). The first-order valence-electron chi connectivity index (χ1n) is 7.04. The molecule has 2 unspecified atom stereocenters. The van der Waals surface area contributed by atoms with Crippen molar-refractivity contribution in [3.63, 3.8) is 0 Å². The maximum Gasteiger partial charge on any atom is 0.0363 e. The van der Waals surface area contributed by atoms with E-state index < -0.39 is 10.8 Å². The van der Waals surface area contributed by atoms with Gasteiger partial charge in [0.1, 0.15) is 0 Å². The van der Waals surface area contributed by atoms with Crippen molar-refractivity contribution in [1.29, 1.82) is 0 Å². The summed E-state index contributed by atoms with van der Waals surface area (Å²) < 4.78 is 11.3. The van der Waals surface area contributed by atoms with Gasteiger partial charge in [-0.15, -0.1) is 0 Å². The molecule has 2 atom stereocenters. The third-order valence-corrected chi connectivity index (χ3v) is 5.57. The number of rotatable bonds is 3. The van der Waals surface area contributed by atoms with E-state index in [-0.39, 0.29) is 0 Å². The van der Waals surface area contributed by atoms with Crippen molar-refractivity contribution in [2.75, 3.05) is 38.2 Å². The van der Waals surface area contributed by atoms with Gasteiger partial charge in [0, 0.05) is 48.0 Å². The highest BCUT2D eigenvalue weighted by atomic mass is 32.2. The maximum atomic E-state index is 11.3. The molecule has 0 radical (unpaired) electrons. The summed E-state index contributed by atoms with van der Waals surface area (Å²) in [5, 5.41) is 3.51. The van der Waals surface area contributed by atoms with E-state index in [4.69, 9.17) is 0 Å². The van der Waals surface area contributed by atoms with Gasteiger partial charge in [0.2, 0.25) is 0 Å². The highest BCUT2D eigenvalue weighted by Crippen LogP contribution is 2.24. The molecule has 1 heterocycles. The van der Waals surface area contributed by atoms with E-state index in [1.165, 1.54) is 38.6 Å². The molecule has 0 spiro atoms. The third kappa shape index (κ3) is 4.04. The van der Waals surface area contributed by atoms with Crippen LogP contribution in [0.5, 0.6) is 0 Å². The number of nitrogens with one attached hydrogen (secondary N) is 1. The molecule has 4 heteroatoms. The van der Waals surface area contributed by atoms with Crippen LogP contribution >= 0.6 is 0 Å². The second-order valence-corrected chi connectivity index (χ2v) is 7.14. The fourth-order valence-corrected chi connectivity index (χ4v) is 4.30. The third-order valence-electron chi connectivity index (χ3n) is 4.29. The van der Waals surface area contributed by atoms with E-state index in [1.807, 2.05) is 0 Å². The Hall–Kier alpha value is 0.0700. The van der Waals surface area contributed by atoms with Gasteiger partial charge < -0.3 is 10.2 Å². The molecule has 1 saturated carbocycles. The van der Waals surface area contributed by atoms with Crippen LogP contribution in [-0.4, -0.2) is 53.3 Å². The second-order valence-electron chi connectivity index (χ2n) is 5.44. The van der Waals surface area contributed by atoms with Crippen LogP contribution in [0.2, 0.25) is 0 Å². The van der Waals surface area contributed by atoms with Crippen molar-refractivity contribution < 1.29 is 4.21 Å². The molecule has 2 fully saturated rings. The quantitative estimate of drug-likeness (QED) is 0.773. The largest absolute Gasteiger partial charge is 0.317 e. The normalized spacial score (nSPS) is 33.5. The van der Waals surface area contributed by atoms with Gasteiger partial charge in [-0.05, 0) is 25.8 Å². The van der Waals surface area contributed by atoms with Gasteiger partial charge in [-0.3, -0.25) is 4.21 Å². The molecular formula is C13H26N2OS. The van der Waals surface area contributed by atoms with Gasteiger partial charge in [-0.25, -0.2) is 0 Å². The molecule has 0 aromatic heterocycles. The first-order chi connectivity index (χ1) is 8.29. The van der Waals surface area contributed by atoms with E-state index in [0.717, 1.165) is 30.5 Å². The zero-order chi connectivity index (χ0) is 12.1. The topological polar surface area (TPSA) is 32.3 Å². The Bertz CT molecular complexity index is 250. The number of nitrogens with zero attached hydrogens (tertiary/aromatic N) is 1. The fraction of sp³-hybridized carbons (Fsp3) is 1.00. The van der Waals surface area contributed by atoms with Crippen molar-refractivity contribution in [2.45, 2.75) is 38.1 Å². The molecule has 3 nitrogen and oxygen atoms in total. The van der Waals surface area contributed by atoms with E-state index in [1.54, 1.807) is 0 Å². The summed E-state index contributed by atoms with van der Waals surface area (Å²) in [4.78, 5) is 2.53. The standard InChI is InChI=1S/C13H26N2OS/c1-14-13-6-4-2-3-5-12(13)11-15-7-9-17(16)10-8-15/h12-14H,2-11H2,1H3. The minimum absolute atomic E-state index is 0.539. The average Bonchev–Trinajstić information content (AvgIpc) is 2.57. The molecule has 0 aromatic rings. The Morgan fingerprint density at radius 1 is 1.18 bits per heavy atom. The highest BCUT2D eigenvalue weighted by molar-refractivity contribution is 7.85. The molecule has 2 aliphatic rings. The van der Waals surface area contributed by atoms with Gasteiger partial charge in [-0.2, -0.15) is 0 Å². The van der Waals surface area contributed by atoms with Crippen molar-refractivity contribution in [1.82, 2.24) is 10.2 Å². The van der Waals surface area contributed by atoms with Crippen LogP contribution in [0.1, 0.15) is 32.1 Å². The van der Waals surface area contributed by atoms with Crippen molar-refractivity contribution in [3.8, 4) is 0 Å². The summed E-state index contributed by atoms with van der Waals surface area (Å²) in [7, 11) is 1.57. The predicted molar refractivity (Wildman–Crippen MR) is 73.7 cm³/mol. The monoisotopic (exact) mass is 258 g/mol. The first kappa shape index (κ1) is 13.5. The van der Waals surface area contributed by atoms with Crippen LogP contribution in [-0.2, 0) is 10.8 Å². The van der Waals surface area contributed by atoms with Gasteiger partial charge in [0.25, 0.3) is 0 Å². The lowest BCUT2D eigenvalue weighted by Gasteiger charge is -2.33. The van der Waals surface area contributed by atoms with Crippen LogP contribution in [0.3, 0.4) is 0 Å². The Labute approximate surface area is 108 Å². The molecule has 1 aliphatic heterocycles. The Kier molecular flexibility index (Phi) is 5.45. The summed E-state index contributed by atoms with van der Waals surface area (Å²) in [6.45, 7) is 3.29. The van der Waals surface area contributed by atoms with Gasteiger partial charge in [0.15, 0.2) is 0 Å². The molecule has 1 N–H and O–H groups in total. The van der Waals surface area contributed by atoms with Gasteiger partial charge in [0.05, 0.1) is 0 Å². The summed E-state index contributed by atoms with van der Waals surface area (Å²) in [6, 6.07) is 0.699. The zero-order valence-electron chi connectivity index (χ0n) is 11.0. The minimum atomic E-state index is -0.539. The van der Waals surface area contributed by atoms with Crippen molar-refractivity contribution >= 4 is 10.8 Å². The number of hydrogen-bond acceptors (Lipinski definition) is 3. The van der Waals surface area contributed by atoms with Crippen LogP contribution in [0.15, 0.2) is 0 Å². The van der Waals surface area contributed by atoms with Crippen molar-refractivity contribution in [3.05, 3.63) is 0 Å². The lowest BCUT2D eigenvalue weighted by atomic mass is 9.94. The molecule has 0 bridgehead atoms. The molecular weight excluding hydrogens is 232 g/mol. The van der Waals surface area contributed by atoms with Crippen LogP contribution in [0.4, 0.5) is 0 Å². The molecule has 100 valence electrons. The second kappa shape index (κ2) is 6.86.